The normalized spacial score (nSPS) is 13.0. The largest absolute Gasteiger partial charge is 0.594 e. The summed E-state index contributed by atoms with van der Waals surface area (Å²) in [6, 6.07) is 4.89. The predicted octanol–water partition coefficient (Wildman–Crippen LogP) is 4.39. The second-order valence-electron chi connectivity index (χ2n) is 4.11. The Balaban J connectivity index is 3.23. The van der Waals surface area contributed by atoms with E-state index in [1.54, 1.807) is 18.2 Å². The predicted molar refractivity (Wildman–Crippen MR) is 61.9 cm³/mol. The second-order valence-corrected chi connectivity index (χ2v) is 4.93. The van der Waals surface area contributed by atoms with E-state index in [-0.39, 0.29) is 5.69 Å². The first-order valence-electron chi connectivity index (χ1n) is 4.45. The van der Waals surface area contributed by atoms with Gasteiger partial charge in [-0.25, -0.2) is 0 Å². The smallest absolute Gasteiger partial charge is 0.281 e. The Morgan fingerprint density at radius 3 is 2.07 bits per heavy atom. The average Bonchev–Trinajstić information content (AvgIpc) is 1.99. The monoisotopic (exact) mass is 246 g/mol. The van der Waals surface area contributed by atoms with Crippen LogP contribution in [0.1, 0.15) is 20.8 Å². The van der Waals surface area contributed by atoms with Gasteiger partial charge in [0.2, 0.25) is 0 Å². The lowest BCUT2D eigenvalue weighted by atomic mass is 10.1. The van der Waals surface area contributed by atoms with E-state index >= 15 is 0 Å². The summed E-state index contributed by atoms with van der Waals surface area (Å²) in [6.45, 7) is 5.47. The number of nitrogens with zero attached hydrogens (tertiary/aromatic N) is 2. The van der Waals surface area contributed by atoms with E-state index in [4.69, 9.17) is 23.2 Å². The van der Waals surface area contributed by atoms with Crippen molar-refractivity contribution in [3.63, 3.8) is 0 Å². The van der Waals surface area contributed by atoms with Gasteiger partial charge in [-0.15, -0.1) is 0 Å². The molecule has 0 unspecified atom stereocenters. The second kappa shape index (κ2) is 4.37. The van der Waals surface area contributed by atoms with Crippen molar-refractivity contribution in [1.29, 1.82) is 0 Å². The van der Waals surface area contributed by atoms with Gasteiger partial charge in [0.05, 0.1) is 0 Å². The van der Waals surface area contributed by atoms with Crippen molar-refractivity contribution in [2.45, 2.75) is 26.3 Å². The lowest BCUT2D eigenvalue weighted by molar-refractivity contribution is -0.449. The number of rotatable bonds is 1. The first-order chi connectivity index (χ1) is 6.81. The Bertz CT molecular complexity index is 377. The van der Waals surface area contributed by atoms with Gasteiger partial charge in [0.1, 0.15) is 15.6 Å². The summed E-state index contributed by atoms with van der Waals surface area (Å²) < 4.78 is 0. The molecule has 0 saturated carbocycles. The van der Waals surface area contributed by atoms with Crippen molar-refractivity contribution in [1.82, 2.24) is 0 Å². The molecule has 0 N–H and O–H groups in total. The zero-order valence-corrected chi connectivity index (χ0v) is 10.3. The van der Waals surface area contributed by atoms with Crippen LogP contribution >= 0.6 is 23.2 Å². The third kappa shape index (κ3) is 3.36. The molecule has 0 saturated heterocycles. The minimum atomic E-state index is -0.468. The number of azo groups is 1. The molecule has 0 heterocycles. The topological polar surface area (TPSA) is 38.4 Å². The minimum absolute atomic E-state index is 0.191. The minimum Gasteiger partial charge on any atom is -0.594 e. The first kappa shape index (κ1) is 12.3. The van der Waals surface area contributed by atoms with Gasteiger partial charge in [0.15, 0.2) is 0 Å². The van der Waals surface area contributed by atoms with E-state index in [1.807, 2.05) is 20.8 Å². The molecule has 5 heteroatoms. The summed E-state index contributed by atoms with van der Waals surface area (Å²) in [5, 5.41) is 16.2. The molecule has 1 aromatic rings. The summed E-state index contributed by atoms with van der Waals surface area (Å²) in [5.41, 5.74) is -0.277. The van der Waals surface area contributed by atoms with Gasteiger partial charge >= 0.3 is 0 Å². The molecule has 0 aliphatic heterocycles. The van der Waals surface area contributed by atoms with E-state index < -0.39 is 5.54 Å². The van der Waals surface area contributed by atoms with Crippen molar-refractivity contribution in [3.8, 4) is 0 Å². The fraction of sp³-hybridized carbons (Fsp3) is 0.400. The molecular weight excluding hydrogens is 235 g/mol. The lowest BCUT2D eigenvalue weighted by Crippen LogP contribution is -2.13. The van der Waals surface area contributed by atoms with Crippen LogP contribution in [0.15, 0.2) is 23.3 Å². The van der Waals surface area contributed by atoms with Gasteiger partial charge in [-0.3, -0.25) is 0 Å². The molecule has 0 bridgehead atoms. The van der Waals surface area contributed by atoms with Crippen LogP contribution in [0.4, 0.5) is 5.69 Å². The van der Waals surface area contributed by atoms with Crippen molar-refractivity contribution in [3.05, 3.63) is 33.5 Å². The molecule has 0 aromatic heterocycles. The first-order valence-corrected chi connectivity index (χ1v) is 5.21. The molecule has 82 valence electrons. The standard InChI is InChI=1S/C10H12Cl2N2O/c1-10(2,3)13-14(15)9-7(11)5-4-6-8(9)12/h4-6H,1-3H3. The van der Waals surface area contributed by atoms with E-state index in [9.17, 15) is 5.21 Å². The SMILES string of the molecule is CC(C)(C)N=[N+]([O-])c1c(Cl)cccc1Cl. The quantitative estimate of drug-likeness (QED) is 0.412. The number of para-hydroxylation sites is 1. The van der Waals surface area contributed by atoms with Crippen LogP contribution in [0.2, 0.25) is 10.0 Å². The molecule has 0 spiro atoms. The Kier molecular flexibility index (Phi) is 3.58. The Morgan fingerprint density at radius 2 is 1.67 bits per heavy atom. The van der Waals surface area contributed by atoms with Crippen molar-refractivity contribution in [2.24, 2.45) is 5.11 Å². The Morgan fingerprint density at radius 1 is 1.20 bits per heavy atom. The molecule has 0 radical (unpaired) electrons. The summed E-state index contributed by atoms with van der Waals surface area (Å²) in [4.78, 5) is 0.477. The fourth-order valence-electron chi connectivity index (χ4n) is 0.994. The number of benzene rings is 1. The molecule has 15 heavy (non-hydrogen) atoms. The third-order valence-corrected chi connectivity index (χ3v) is 2.13. The maximum absolute atomic E-state index is 11.7. The molecule has 3 nitrogen and oxygen atoms in total. The molecular formula is C10H12Cl2N2O. The van der Waals surface area contributed by atoms with Gasteiger partial charge in [-0.05, 0) is 38.0 Å². The van der Waals surface area contributed by atoms with Gasteiger partial charge in [-0.1, -0.05) is 34.1 Å². The number of hydrogen-bond donors (Lipinski definition) is 0. The van der Waals surface area contributed by atoms with Crippen LogP contribution in [-0.4, -0.2) is 10.4 Å². The lowest BCUT2D eigenvalue weighted by Gasteiger charge is -2.10. The molecule has 1 aromatic carbocycles. The Labute approximate surface area is 98.9 Å². The van der Waals surface area contributed by atoms with Crippen LogP contribution in [0.25, 0.3) is 0 Å². The Hall–Kier alpha value is -0.800. The van der Waals surface area contributed by atoms with Crippen LogP contribution in [-0.2, 0) is 0 Å². The molecule has 0 fully saturated rings. The van der Waals surface area contributed by atoms with E-state index in [0.717, 1.165) is 0 Å². The van der Waals surface area contributed by atoms with Crippen LogP contribution in [0.5, 0.6) is 0 Å². The summed E-state index contributed by atoms with van der Waals surface area (Å²) in [5.74, 6) is 0. The van der Waals surface area contributed by atoms with Gasteiger partial charge in [0, 0.05) is 0 Å². The van der Waals surface area contributed by atoms with Crippen LogP contribution < -0.4 is 0 Å². The fourth-order valence-corrected chi connectivity index (χ4v) is 1.54. The van der Waals surface area contributed by atoms with Crippen molar-refractivity contribution in [2.75, 3.05) is 0 Å². The van der Waals surface area contributed by atoms with Crippen molar-refractivity contribution >= 4 is 28.9 Å². The van der Waals surface area contributed by atoms with E-state index in [1.165, 1.54) is 0 Å². The highest BCUT2D eigenvalue weighted by Crippen LogP contribution is 2.32. The maximum atomic E-state index is 11.7. The van der Waals surface area contributed by atoms with Gasteiger partial charge in [-0.2, -0.15) is 0 Å². The number of halogens is 2. The van der Waals surface area contributed by atoms with E-state index in [0.29, 0.717) is 14.9 Å². The van der Waals surface area contributed by atoms with E-state index in [2.05, 4.69) is 5.11 Å². The highest BCUT2D eigenvalue weighted by molar-refractivity contribution is 6.38. The summed E-state index contributed by atoms with van der Waals surface area (Å²) in [7, 11) is 0. The molecule has 1 rings (SSSR count). The average molecular weight is 247 g/mol. The summed E-state index contributed by atoms with van der Waals surface area (Å²) >= 11 is 11.7. The number of hydrogen-bond acceptors (Lipinski definition) is 2. The van der Waals surface area contributed by atoms with Crippen LogP contribution in [0.3, 0.4) is 0 Å². The third-order valence-electron chi connectivity index (χ3n) is 1.52. The molecule has 0 atom stereocenters. The summed E-state index contributed by atoms with van der Waals surface area (Å²) in [6.07, 6.45) is 0. The van der Waals surface area contributed by atoms with Gasteiger partial charge in [0.25, 0.3) is 5.69 Å². The van der Waals surface area contributed by atoms with Crippen molar-refractivity contribution < 1.29 is 4.86 Å². The highest BCUT2D eigenvalue weighted by Gasteiger charge is 2.19. The zero-order valence-electron chi connectivity index (χ0n) is 8.79. The molecule has 0 amide bonds. The highest BCUT2D eigenvalue weighted by atomic mass is 35.5. The zero-order chi connectivity index (χ0) is 11.6. The van der Waals surface area contributed by atoms with Gasteiger partial charge < -0.3 is 5.21 Å². The van der Waals surface area contributed by atoms with Crippen LogP contribution in [0, 0.1) is 5.21 Å². The maximum Gasteiger partial charge on any atom is 0.281 e. The molecule has 0 aliphatic carbocycles. The molecule has 0 aliphatic rings.